The SMILES string of the molecule is CCNC(=NCC(C)(O)c1ccccc1)NCC#Cc1ccc(C(F)(F)F)cc1. The molecule has 0 saturated carbocycles. The number of hydrogen-bond acceptors (Lipinski definition) is 2. The number of halogens is 3. The first-order valence-corrected chi connectivity index (χ1v) is 9.18. The molecule has 0 heterocycles. The van der Waals surface area contributed by atoms with Gasteiger partial charge in [0.1, 0.15) is 5.60 Å². The zero-order valence-corrected chi connectivity index (χ0v) is 16.3. The van der Waals surface area contributed by atoms with Crippen molar-refractivity contribution in [2.24, 2.45) is 4.99 Å². The Morgan fingerprint density at radius 2 is 1.66 bits per heavy atom. The Labute approximate surface area is 168 Å². The van der Waals surface area contributed by atoms with E-state index in [4.69, 9.17) is 0 Å². The number of guanidine groups is 1. The maximum Gasteiger partial charge on any atom is 0.416 e. The van der Waals surface area contributed by atoms with Gasteiger partial charge in [0.25, 0.3) is 0 Å². The molecule has 1 atom stereocenters. The normalized spacial score (nSPS) is 13.8. The molecule has 0 bridgehead atoms. The highest BCUT2D eigenvalue weighted by Crippen LogP contribution is 2.28. The molecule has 4 nitrogen and oxygen atoms in total. The van der Waals surface area contributed by atoms with Crippen molar-refractivity contribution in [1.29, 1.82) is 0 Å². The van der Waals surface area contributed by atoms with Crippen LogP contribution < -0.4 is 10.6 Å². The van der Waals surface area contributed by atoms with Crippen LogP contribution in [-0.4, -0.2) is 30.7 Å². The average molecular weight is 403 g/mol. The summed E-state index contributed by atoms with van der Waals surface area (Å²) in [4.78, 5) is 4.40. The van der Waals surface area contributed by atoms with Crippen LogP contribution in [0.5, 0.6) is 0 Å². The number of alkyl halides is 3. The molecule has 0 aliphatic rings. The lowest BCUT2D eigenvalue weighted by Crippen LogP contribution is -2.39. The van der Waals surface area contributed by atoms with Gasteiger partial charge in [-0.15, -0.1) is 0 Å². The van der Waals surface area contributed by atoms with Crippen LogP contribution in [0.25, 0.3) is 0 Å². The van der Waals surface area contributed by atoms with Crippen LogP contribution in [-0.2, 0) is 11.8 Å². The molecule has 0 fully saturated rings. The molecule has 2 aromatic rings. The lowest BCUT2D eigenvalue weighted by atomic mass is 9.96. The predicted octanol–water partition coefficient (Wildman–Crippen LogP) is 3.52. The monoisotopic (exact) mass is 403 g/mol. The second-order valence-corrected chi connectivity index (χ2v) is 6.57. The van der Waals surface area contributed by atoms with Crippen molar-refractivity contribution in [2.75, 3.05) is 19.6 Å². The topological polar surface area (TPSA) is 56.7 Å². The van der Waals surface area contributed by atoms with Gasteiger partial charge in [-0.25, -0.2) is 4.99 Å². The first kappa shape index (κ1) is 22.3. The van der Waals surface area contributed by atoms with Crippen LogP contribution in [0.15, 0.2) is 59.6 Å². The molecule has 2 aromatic carbocycles. The fourth-order valence-electron chi connectivity index (χ4n) is 2.48. The standard InChI is InChI=1S/C22H24F3N3O/c1-3-26-20(28-16-21(2,29)18-9-5-4-6-10-18)27-15-7-8-17-11-13-19(14-12-17)22(23,24)25/h4-6,9-14,29H,3,15-16H2,1-2H3,(H2,26,27,28). The molecule has 1 unspecified atom stereocenters. The summed E-state index contributed by atoms with van der Waals surface area (Å²) in [5.41, 5.74) is -0.557. The third-order valence-electron chi connectivity index (χ3n) is 4.07. The van der Waals surface area contributed by atoms with E-state index in [0.717, 1.165) is 17.7 Å². The van der Waals surface area contributed by atoms with E-state index < -0.39 is 17.3 Å². The highest BCUT2D eigenvalue weighted by molar-refractivity contribution is 5.80. The van der Waals surface area contributed by atoms with E-state index in [0.29, 0.717) is 18.1 Å². The first-order valence-electron chi connectivity index (χ1n) is 9.18. The molecule has 0 aliphatic carbocycles. The summed E-state index contributed by atoms with van der Waals surface area (Å²) >= 11 is 0. The number of aliphatic imine (C=N–C) groups is 1. The maximum atomic E-state index is 12.6. The second kappa shape index (κ2) is 9.99. The van der Waals surface area contributed by atoms with Crippen molar-refractivity contribution in [2.45, 2.75) is 25.6 Å². The van der Waals surface area contributed by atoms with Crippen molar-refractivity contribution in [3.05, 3.63) is 71.3 Å². The summed E-state index contributed by atoms with van der Waals surface area (Å²) < 4.78 is 37.7. The van der Waals surface area contributed by atoms with Gasteiger partial charge in [-0.3, -0.25) is 0 Å². The Morgan fingerprint density at radius 1 is 1.00 bits per heavy atom. The highest BCUT2D eigenvalue weighted by atomic mass is 19.4. The average Bonchev–Trinajstić information content (AvgIpc) is 2.69. The van der Waals surface area contributed by atoms with Gasteiger partial charge in [-0.1, -0.05) is 42.2 Å². The Kier molecular flexibility index (Phi) is 7.68. The fourth-order valence-corrected chi connectivity index (χ4v) is 2.48. The van der Waals surface area contributed by atoms with E-state index in [1.807, 2.05) is 37.3 Å². The number of nitrogens with one attached hydrogen (secondary N) is 2. The maximum absolute atomic E-state index is 12.6. The Morgan fingerprint density at radius 3 is 2.24 bits per heavy atom. The van der Waals surface area contributed by atoms with Crippen molar-refractivity contribution in [1.82, 2.24) is 10.6 Å². The summed E-state index contributed by atoms with van der Waals surface area (Å²) in [6, 6.07) is 14.0. The fraction of sp³-hybridized carbons (Fsp3) is 0.318. The van der Waals surface area contributed by atoms with Gasteiger partial charge in [0.2, 0.25) is 0 Å². The lowest BCUT2D eigenvalue weighted by Gasteiger charge is -2.22. The summed E-state index contributed by atoms with van der Waals surface area (Å²) in [5.74, 6) is 6.15. The zero-order valence-electron chi connectivity index (χ0n) is 16.3. The lowest BCUT2D eigenvalue weighted by molar-refractivity contribution is -0.137. The van der Waals surface area contributed by atoms with E-state index in [1.54, 1.807) is 6.92 Å². The number of rotatable bonds is 5. The number of benzene rings is 2. The molecule has 0 aromatic heterocycles. The van der Waals surface area contributed by atoms with Crippen LogP contribution in [0.4, 0.5) is 13.2 Å². The molecular formula is C22H24F3N3O. The summed E-state index contributed by atoms with van der Waals surface area (Å²) in [6.45, 7) is 4.64. The van der Waals surface area contributed by atoms with Gasteiger partial charge < -0.3 is 15.7 Å². The van der Waals surface area contributed by atoms with Crippen LogP contribution in [0, 0.1) is 11.8 Å². The molecule has 0 saturated heterocycles. The van der Waals surface area contributed by atoms with E-state index >= 15 is 0 Å². The molecule has 7 heteroatoms. The Hall–Kier alpha value is -2.98. The van der Waals surface area contributed by atoms with E-state index in [2.05, 4.69) is 27.5 Å². The minimum atomic E-state index is -4.36. The third kappa shape index (κ3) is 7.16. The molecule has 0 amide bonds. The van der Waals surface area contributed by atoms with Gasteiger partial charge in [-0.2, -0.15) is 13.2 Å². The van der Waals surface area contributed by atoms with Gasteiger partial charge in [-0.05, 0) is 43.7 Å². The molecule has 154 valence electrons. The highest BCUT2D eigenvalue weighted by Gasteiger charge is 2.29. The zero-order chi connectivity index (χ0) is 21.3. The van der Waals surface area contributed by atoms with Crippen molar-refractivity contribution in [3.63, 3.8) is 0 Å². The molecule has 0 spiro atoms. The quantitative estimate of drug-likeness (QED) is 0.407. The summed E-state index contributed by atoms with van der Waals surface area (Å²) in [5, 5.41) is 16.7. The van der Waals surface area contributed by atoms with E-state index in [9.17, 15) is 18.3 Å². The molecule has 29 heavy (non-hydrogen) atoms. The van der Waals surface area contributed by atoms with Crippen molar-refractivity contribution >= 4 is 5.96 Å². The van der Waals surface area contributed by atoms with Gasteiger partial charge in [0.15, 0.2) is 5.96 Å². The van der Waals surface area contributed by atoms with Crippen LogP contribution >= 0.6 is 0 Å². The molecule has 3 N–H and O–H groups in total. The van der Waals surface area contributed by atoms with Gasteiger partial charge >= 0.3 is 6.18 Å². The molecule has 0 aliphatic heterocycles. The Bertz CT molecular complexity index is 864. The van der Waals surface area contributed by atoms with E-state index in [1.165, 1.54) is 12.1 Å². The van der Waals surface area contributed by atoms with E-state index in [-0.39, 0.29) is 13.1 Å². The third-order valence-corrected chi connectivity index (χ3v) is 4.07. The largest absolute Gasteiger partial charge is 0.416 e. The number of hydrogen-bond donors (Lipinski definition) is 3. The van der Waals surface area contributed by atoms with Crippen LogP contribution in [0.2, 0.25) is 0 Å². The number of nitrogens with zero attached hydrogens (tertiary/aromatic N) is 1. The molecule has 2 rings (SSSR count). The minimum absolute atomic E-state index is 0.151. The minimum Gasteiger partial charge on any atom is -0.384 e. The molecule has 0 radical (unpaired) electrons. The van der Waals surface area contributed by atoms with Crippen molar-refractivity contribution in [3.8, 4) is 11.8 Å². The second-order valence-electron chi connectivity index (χ2n) is 6.57. The predicted molar refractivity (Wildman–Crippen MR) is 108 cm³/mol. The Balaban J connectivity index is 1.96. The summed E-state index contributed by atoms with van der Waals surface area (Å²) in [7, 11) is 0. The first-order chi connectivity index (χ1) is 13.7. The van der Waals surface area contributed by atoms with Gasteiger partial charge in [0, 0.05) is 12.1 Å². The van der Waals surface area contributed by atoms with Gasteiger partial charge in [0.05, 0.1) is 18.7 Å². The van der Waals surface area contributed by atoms with Crippen LogP contribution in [0.1, 0.15) is 30.5 Å². The number of aliphatic hydroxyl groups is 1. The smallest absolute Gasteiger partial charge is 0.384 e. The summed E-state index contributed by atoms with van der Waals surface area (Å²) in [6.07, 6.45) is -4.36. The van der Waals surface area contributed by atoms with Crippen molar-refractivity contribution < 1.29 is 18.3 Å². The molecular weight excluding hydrogens is 379 g/mol. The van der Waals surface area contributed by atoms with Crippen LogP contribution in [0.3, 0.4) is 0 Å².